The fourth-order valence-electron chi connectivity index (χ4n) is 4.42. The summed E-state index contributed by atoms with van der Waals surface area (Å²) in [7, 11) is 0. The molecule has 1 aliphatic carbocycles. The maximum Gasteiger partial charge on any atom is 0.0349 e. The Morgan fingerprint density at radius 3 is 2.88 bits per heavy atom. The van der Waals surface area contributed by atoms with Crippen molar-refractivity contribution in [2.45, 2.75) is 51.2 Å². The van der Waals surface area contributed by atoms with Gasteiger partial charge in [0.25, 0.3) is 0 Å². The number of rotatable bonds is 1. The van der Waals surface area contributed by atoms with Crippen LogP contribution in [0.1, 0.15) is 33.1 Å². The fourth-order valence-corrected chi connectivity index (χ4v) is 4.42. The highest BCUT2D eigenvalue weighted by molar-refractivity contribution is 5.00. The van der Waals surface area contributed by atoms with Crippen LogP contribution in [0.4, 0.5) is 0 Å². The Morgan fingerprint density at radius 2 is 2.06 bits per heavy atom. The van der Waals surface area contributed by atoms with E-state index in [1.54, 1.807) is 0 Å². The van der Waals surface area contributed by atoms with E-state index in [0.29, 0.717) is 0 Å². The van der Waals surface area contributed by atoms with Gasteiger partial charge in [-0.15, -0.1) is 0 Å². The van der Waals surface area contributed by atoms with Crippen molar-refractivity contribution in [3.63, 3.8) is 0 Å². The standard InChI is InChI=1S/C14H27N3/c1-10(2)14-12-4-3-5-13(12)16-9-11-8-15-6-7-17(11)14/h10-16H,3-9H2,1-2H3/t11?,12-,13?,14+/m1/s1. The Hall–Kier alpha value is -0.120. The summed E-state index contributed by atoms with van der Waals surface area (Å²) in [6, 6.07) is 2.33. The number of fused-ring (bicyclic) bond motifs is 2. The van der Waals surface area contributed by atoms with E-state index in [4.69, 9.17) is 0 Å². The molecular formula is C14H27N3. The summed E-state index contributed by atoms with van der Waals surface area (Å²) < 4.78 is 0. The van der Waals surface area contributed by atoms with E-state index in [9.17, 15) is 0 Å². The van der Waals surface area contributed by atoms with Gasteiger partial charge in [-0.05, 0) is 24.7 Å². The normalized spacial score (nSPS) is 43.2. The SMILES string of the molecule is CC(C)[C@H]1[C@@H]2CCCC2NCC2CNCCN21. The molecule has 2 saturated heterocycles. The molecule has 2 N–H and O–H groups in total. The second-order valence-corrected chi connectivity index (χ2v) is 6.44. The molecule has 1 saturated carbocycles. The molecule has 17 heavy (non-hydrogen) atoms. The van der Waals surface area contributed by atoms with E-state index in [0.717, 1.165) is 30.0 Å². The molecule has 0 aromatic carbocycles. The Balaban J connectivity index is 1.85. The molecule has 3 aliphatic rings. The van der Waals surface area contributed by atoms with Gasteiger partial charge in [0.2, 0.25) is 0 Å². The van der Waals surface area contributed by atoms with Crippen molar-refractivity contribution in [2.75, 3.05) is 26.2 Å². The third kappa shape index (κ3) is 2.13. The van der Waals surface area contributed by atoms with Crippen LogP contribution in [0.3, 0.4) is 0 Å². The molecule has 3 heteroatoms. The van der Waals surface area contributed by atoms with Crippen LogP contribution >= 0.6 is 0 Å². The predicted molar refractivity (Wildman–Crippen MR) is 71.1 cm³/mol. The van der Waals surface area contributed by atoms with Gasteiger partial charge in [0.05, 0.1) is 0 Å². The van der Waals surface area contributed by atoms with Gasteiger partial charge in [-0.1, -0.05) is 20.3 Å². The minimum Gasteiger partial charge on any atom is -0.314 e. The second kappa shape index (κ2) is 4.87. The minimum atomic E-state index is 0.724. The molecule has 2 heterocycles. The topological polar surface area (TPSA) is 27.3 Å². The first-order valence-electron chi connectivity index (χ1n) is 7.47. The minimum absolute atomic E-state index is 0.724. The highest BCUT2D eigenvalue weighted by Crippen LogP contribution is 2.37. The molecule has 3 fully saturated rings. The summed E-state index contributed by atoms with van der Waals surface area (Å²) in [4.78, 5) is 2.82. The molecule has 2 unspecified atom stereocenters. The largest absolute Gasteiger partial charge is 0.314 e. The molecular weight excluding hydrogens is 210 g/mol. The van der Waals surface area contributed by atoms with Crippen LogP contribution in [0.15, 0.2) is 0 Å². The summed E-state index contributed by atoms with van der Waals surface area (Å²) in [5.41, 5.74) is 0. The highest BCUT2D eigenvalue weighted by atomic mass is 15.3. The first-order chi connectivity index (χ1) is 8.27. The van der Waals surface area contributed by atoms with Crippen LogP contribution in [-0.4, -0.2) is 49.2 Å². The van der Waals surface area contributed by atoms with Gasteiger partial charge in [0.1, 0.15) is 0 Å². The Bertz CT molecular complexity index is 266. The van der Waals surface area contributed by atoms with Gasteiger partial charge in [-0.25, -0.2) is 0 Å². The molecule has 0 radical (unpaired) electrons. The van der Waals surface area contributed by atoms with Gasteiger partial charge in [-0.2, -0.15) is 0 Å². The van der Waals surface area contributed by atoms with E-state index < -0.39 is 0 Å². The van der Waals surface area contributed by atoms with Crippen LogP contribution in [0, 0.1) is 11.8 Å². The molecule has 0 bridgehead atoms. The third-order valence-electron chi connectivity index (χ3n) is 5.09. The van der Waals surface area contributed by atoms with Gasteiger partial charge in [0.15, 0.2) is 0 Å². The van der Waals surface area contributed by atoms with Crippen molar-refractivity contribution >= 4 is 0 Å². The molecule has 2 aliphatic heterocycles. The first-order valence-corrected chi connectivity index (χ1v) is 7.47. The third-order valence-corrected chi connectivity index (χ3v) is 5.09. The Kier molecular flexibility index (Phi) is 3.42. The van der Waals surface area contributed by atoms with E-state index in [1.165, 1.54) is 45.4 Å². The fraction of sp³-hybridized carbons (Fsp3) is 1.00. The number of hydrogen-bond donors (Lipinski definition) is 2. The van der Waals surface area contributed by atoms with Crippen molar-refractivity contribution in [1.29, 1.82) is 0 Å². The van der Waals surface area contributed by atoms with Crippen LogP contribution in [0.25, 0.3) is 0 Å². The van der Waals surface area contributed by atoms with E-state index in [-0.39, 0.29) is 0 Å². The molecule has 0 aromatic heterocycles. The number of nitrogens with one attached hydrogen (secondary N) is 2. The first kappa shape index (κ1) is 11.9. The van der Waals surface area contributed by atoms with Crippen LogP contribution in [0.2, 0.25) is 0 Å². The van der Waals surface area contributed by atoms with Gasteiger partial charge in [0, 0.05) is 44.3 Å². The van der Waals surface area contributed by atoms with Crippen molar-refractivity contribution in [1.82, 2.24) is 15.5 Å². The molecule has 3 nitrogen and oxygen atoms in total. The average Bonchev–Trinajstić information content (AvgIpc) is 2.70. The molecule has 98 valence electrons. The van der Waals surface area contributed by atoms with Crippen molar-refractivity contribution in [3.8, 4) is 0 Å². The summed E-state index contributed by atoms with van der Waals surface area (Å²) in [5, 5.41) is 7.40. The summed E-state index contributed by atoms with van der Waals surface area (Å²) in [5.74, 6) is 1.69. The zero-order chi connectivity index (χ0) is 11.8. The zero-order valence-electron chi connectivity index (χ0n) is 11.3. The van der Waals surface area contributed by atoms with E-state index >= 15 is 0 Å². The van der Waals surface area contributed by atoms with Crippen LogP contribution in [-0.2, 0) is 0 Å². The van der Waals surface area contributed by atoms with Gasteiger partial charge in [-0.3, -0.25) is 4.90 Å². The molecule has 3 rings (SSSR count). The molecule has 0 aromatic rings. The number of piperazine rings is 1. The van der Waals surface area contributed by atoms with Gasteiger partial charge < -0.3 is 10.6 Å². The lowest BCUT2D eigenvalue weighted by molar-refractivity contribution is 0.0586. The smallest absolute Gasteiger partial charge is 0.0349 e. The zero-order valence-corrected chi connectivity index (χ0v) is 11.3. The Morgan fingerprint density at radius 1 is 1.18 bits per heavy atom. The van der Waals surface area contributed by atoms with Gasteiger partial charge >= 0.3 is 0 Å². The maximum atomic E-state index is 3.85. The summed E-state index contributed by atoms with van der Waals surface area (Å²) in [6.07, 6.45) is 4.28. The molecule has 0 amide bonds. The summed E-state index contributed by atoms with van der Waals surface area (Å²) in [6.45, 7) is 9.64. The maximum absolute atomic E-state index is 3.85. The van der Waals surface area contributed by atoms with Crippen molar-refractivity contribution in [2.24, 2.45) is 11.8 Å². The quantitative estimate of drug-likeness (QED) is 0.714. The lowest BCUT2D eigenvalue weighted by Gasteiger charge is -2.44. The van der Waals surface area contributed by atoms with Crippen molar-refractivity contribution < 1.29 is 0 Å². The lowest BCUT2D eigenvalue weighted by atomic mass is 9.85. The average molecular weight is 237 g/mol. The monoisotopic (exact) mass is 237 g/mol. The number of nitrogens with zero attached hydrogens (tertiary/aromatic N) is 1. The second-order valence-electron chi connectivity index (χ2n) is 6.44. The van der Waals surface area contributed by atoms with E-state index in [1.807, 2.05) is 0 Å². The number of hydrogen-bond acceptors (Lipinski definition) is 3. The summed E-state index contributed by atoms with van der Waals surface area (Å²) >= 11 is 0. The predicted octanol–water partition coefficient (Wildman–Crippen LogP) is 1.06. The van der Waals surface area contributed by atoms with Crippen LogP contribution < -0.4 is 10.6 Å². The van der Waals surface area contributed by atoms with Crippen molar-refractivity contribution in [3.05, 3.63) is 0 Å². The van der Waals surface area contributed by atoms with E-state index in [2.05, 4.69) is 29.4 Å². The molecule has 4 atom stereocenters. The lowest BCUT2D eigenvalue weighted by Crippen LogP contribution is -2.58. The Labute approximate surface area is 105 Å². The highest BCUT2D eigenvalue weighted by Gasteiger charge is 2.43. The van der Waals surface area contributed by atoms with Crippen LogP contribution in [0.5, 0.6) is 0 Å². The molecule has 0 spiro atoms.